The molecule has 0 radical (unpaired) electrons. The van der Waals surface area contributed by atoms with Gasteiger partial charge in [-0.1, -0.05) is 64.0 Å². The van der Waals surface area contributed by atoms with Crippen LogP contribution in [0.15, 0.2) is 12.2 Å². The standard InChI is InChI=1S/C12H26Si/c1-5-6-7-8-9-10-11-12-13(2,3)4/h8-9H,5-7,10-12H2,1-4H3/b9-8+. The van der Waals surface area contributed by atoms with Crippen LogP contribution >= 0.6 is 0 Å². The van der Waals surface area contributed by atoms with Crippen molar-refractivity contribution in [2.45, 2.75) is 64.7 Å². The summed E-state index contributed by atoms with van der Waals surface area (Å²) in [4.78, 5) is 0. The van der Waals surface area contributed by atoms with Gasteiger partial charge in [-0.05, 0) is 12.8 Å². The second-order valence-electron chi connectivity index (χ2n) is 5.07. The molecule has 0 fully saturated rings. The number of hydrogen-bond acceptors (Lipinski definition) is 0. The lowest BCUT2D eigenvalue weighted by molar-refractivity contribution is 0.809. The van der Waals surface area contributed by atoms with Crippen molar-refractivity contribution in [3.05, 3.63) is 12.2 Å². The van der Waals surface area contributed by atoms with Gasteiger partial charge in [-0.3, -0.25) is 0 Å². The van der Waals surface area contributed by atoms with Crippen molar-refractivity contribution in [2.24, 2.45) is 0 Å². The van der Waals surface area contributed by atoms with Crippen molar-refractivity contribution >= 4 is 8.07 Å². The molecule has 0 aliphatic heterocycles. The highest BCUT2D eigenvalue weighted by Gasteiger charge is 2.10. The highest BCUT2D eigenvalue weighted by Crippen LogP contribution is 2.13. The molecule has 0 aliphatic rings. The fourth-order valence-corrected chi connectivity index (χ4v) is 2.57. The normalized spacial score (nSPS) is 12.6. The molecule has 13 heavy (non-hydrogen) atoms. The molecule has 1 heteroatoms. The van der Waals surface area contributed by atoms with E-state index in [1.807, 2.05) is 0 Å². The molecule has 0 nitrogen and oxygen atoms in total. The Balaban J connectivity index is 3.20. The van der Waals surface area contributed by atoms with Gasteiger partial charge >= 0.3 is 0 Å². The average Bonchev–Trinajstić information content (AvgIpc) is 2.01. The first-order chi connectivity index (χ1) is 6.06. The molecule has 0 amide bonds. The Morgan fingerprint density at radius 2 is 1.46 bits per heavy atom. The summed E-state index contributed by atoms with van der Waals surface area (Å²) in [7, 11) is -0.766. The Morgan fingerprint density at radius 3 is 1.92 bits per heavy atom. The first-order valence-electron chi connectivity index (χ1n) is 5.71. The van der Waals surface area contributed by atoms with Crippen LogP contribution in [0.2, 0.25) is 25.7 Å². The summed E-state index contributed by atoms with van der Waals surface area (Å²) in [6.45, 7) is 9.61. The van der Waals surface area contributed by atoms with Crippen molar-refractivity contribution in [3.8, 4) is 0 Å². The number of rotatable bonds is 7. The number of unbranched alkanes of at least 4 members (excludes halogenated alkanes) is 3. The Labute approximate surface area is 85.4 Å². The molecule has 0 aromatic rings. The Hall–Kier alpha value is -0.0431. The molecule has 0 aromatic carbocycles. The van der Waals surface area contributed by atoms with Crippen LogP contribution in [0.4, 0.5) is 0 Å². The smallest absolute Gasteiger partial charge is 0.0442 e. The Morgan fingerprint density at radius 1 is 0.923 bits per heavy atom. The van der Waals surface area contributed by atoms with Crippen LogP contribution in [0.3, 0.4) is 0 Å². The lowest BCUT2D eigenvalue weighted by Crippen LogP contribution is -2.18. The molecule has 0 aliphatic carbocycles. The van der Waals surface area contributed by atoms with Crippen LogP contribution in [0, 0.1) is 0 Å². The fourth-order valence-electron chi connectivity index (χ4n) is 1.31. The molecule has 0 rings (SSSR count). The molecule has 0 saturated carbocycles. The topological polar surface area (TPSA) is 0 Å². The second kappa shape index (κ2) is 7.37. The first kappa shape index (κ1) is 13.0. The van der Waals surface area contributed by atoms with Crippen LogP contribution in [-0.2, 0) is 0 Å². The first-order valence-corrected chi connectivity index (χ1v) is 9.42. The van der Waals surface area contributed by atoms with Gasteiger partial charge < -0.3 is 0 Å². The third kappa shape index (κ3) is 12.0. The van der Waals surface area contributed by atoms with Crippen molar-refractivity contribution < 1.29 is 0 Å². The van der Waals surface area contributed by atoms with E-state index >= 15 is 0 Å². The third-order valence-electron chi connectivity index (χ3n) is 2.19. The summed E-state index contributed by atoms with van der Waals surface area (Å²) in [5, 5.41) is 0. The van der Waals surface area contributed by atoms with E-state index in [-0.39, 0.29) is 0 Å². The molecule has 0 aromatic heterocycles. The minimum absolute atomic E-state index is 0.766. The molecule has 0 spiro atoms. The van der Waals surface area contributed by atoms with Gasteiger partial charge in [0.05, 0.1) is 0 Å². The monoisotopic (exact) mass is 198 g/mol. The summed E-state index contributed by atoms with van der Waals surface area (Å²) in [6, 6.07) is 1.48. The maximum absolute atomic E-state index is 2.45. The second-order valence-corrected chi connectivity index (χ2v) is 10.7. The summed E-state index contributed by atoms with van der Waals surface area (Å²) in [5.74, 6) is 0. The largest absolute Gasteiger partial charge is 0.0886 e. The highest BCUT2D eigenvalue weighted by atomic mass is 28.3. The summed E-state index contributed by atoms with van der Waals surface area (Å²) < 4.78 is 0. The van der Waals surface area contributed by atoms with Gasteiger partial charge in [0.1, 0.15) is 0 Å². The maximum atomic E-state index is 2.45. The predicted molar refractivity (Wildman–Crippen MR) is 66.1 cm³/mol. The van der Waals surface area contributed by atoms with E-state index in [1.54, 1.807) is 0 Å². The van der Waals surface area contributed by atoms with Gasteiger partial charge in [-0.2, -0.15) is 0 Å². The van der Waals surface area contributed by atoms with E-state index in [4.69, 9.17) is 0 Å². The van der Waals surface area contributed by atoms with Gasteiger partial charge in [0.2, 0.25) is 0 Å². The van der Waals surface area contributed by atoms with Crippen molar-refractivity contribution in [3.63, 3.8) is 0 Å². The molecular weight excluding hydrogens is 172 g/mol. The van der Waals surface area contributed by atoms with Crippen molar-refractivity contribution in [2.75, 3.05) is 0 Å². The number of allylic oxidation sites excluding steroid dienone is 2. The lowest BCUT2D eigenvalue weighted by Gasteiger charge is -2.13. The molecule has 0 bridgehead atoms. The predicted octanol–water partition coefficient (Wildman–Crippen LogP) is 4.85. The van der Waals surface area contributed by atoms with Crippen LogP contribution in [0.1, 0.15) is 39.0 Å². The highest BCUT2D eigenvalue weighted by molar-refractivity contribution is 6.76. The number of hydrogen-bond donors (Lipinski definition) is 0. The molecular formula is C12H26Si. The molecule has 0 unspecified atom stereocenters. The van der Waals surface area contributed by atoms with E-state index in [2.05, 4.69) is 38.7 Å². The Kier molecular flexibility index (Phi) is 7.34. The minimum Gasteiger partial charge on any atom is -0.0886 e. The van der Waals surface area contributed by atoms with Crippen LogP contribution in [-0.4, -0.2) is 8.07 Å². The van der Waals surface area contributed by atoms with Gasteiger partial charge in [0.15, 0.2) is 0 Å². The SMILES string of the molecule is CCCC/C=C/CCC[Si](C)(C)C. The van der Waals surface area contributed by atoms with Gasteiger partial charge in [-0.15, -0.1) is 0 Å². The lowest BCUT2D eigenvalue weighted by atomic mass is 10.2. The summed E-state index contributed by atoms with van der Waals surface area (Å²) in [6.07, 6.45) is 11.4. The quantitative estimate of drug-likeness (QED) is 0.312. The zero-order valence-corrected chi connectivity index (χ0v) is 10.9. The van der Waals surface area contributed by atoms with Crippen LogP contribution in [0.25, 0.3) is 0 Å². The molecule has 0 saturated heterocycles. The molecule has 0 atom stereocenters. The average molecular weight is 198 g/mol. The third-order valence-corrected chi connectivity index (χ3v) is 4.04. The van der Waals surface area contributed by atoms with E-state index in [0.717, 1.165) is 0 Å². The van der Waals surface area contributed by atoms with Gasteiger partial charge in [0, 0.05) is 8.07 Å². The summed E-state index contributed by atoms with van der Waals surface area (Å²) >= 11 is 0. The van der Waals surface area contributed by atoms with E-state index in [0.29, 0.717) is 0 Å². The van der Waals surface area contributed by atoms with Crippen LogP contribution in [0.5, 0.6) is 0 Å². The van der Waals surface area contributed by atoms with Crippen molar-refractivity contribution in [1.29, 1.82) is 0 Å². The van der Waals surface area contributed by atoms with Gasteiger partial charge in [0.25, 0.3) is 0 Å². The zero-order valence-electron chi connectivity index (χ0n) is 9.90. The van der Waals surface area contributed by atoms with E-state index in [9.17, 15) is 0 Å². The fraction of sp³-hybridized carbons (Fsp3) is 0.833. The minimum atomic E-state index is -0.766. The molecule has 0 N–H and O–H groups in total. The molecule has 0 heterocycles. The van der Waals surface area contributed by atoms with E-state index in [1.165, 1.54) is 38.1 Å². The molecule has 78 valence electrons. The van der Waals surface area contributed by atoms with Crippen LogP contribution < -0.4 is 0 Å². The maximum Gasteiger partial charge on any atom is 0.0442 e. The Bertz CT molecular complexity index is 131. The summed E-state index contributed by atoms with van der Waals surface area (Å²) in [5.41, 5.74) is 0. The van der Waals surface area contributed by atoms with Gasteiger partial charge in [-0.25, -0.2) is 0 Å². The van der Waals surface area contributed by atoms with Crippen molar-refractivity contribution in [1.82, 2.24) is 0 Å². The van der Waals surface area contributed by atoms with E-state index < -0.39 is 8.07 Å². The zero-order chi connectivity index (χ0) is 10.2.